The van der Waals surface area contributed by atoms with Gasteiger partial charge in [0.1, 0.15) is 0 Å². The van der Waals surface area contributed by atoms with Crippen LogP contribution in [0.25, 0.3) is 0 Å². The lowest BCUT2D eigenvalue weighted by Crippen LogP contribution is -2.35. The van der Waals surface area contributed by atoms with Gasteiger partial charge in [-0.1, -0.05) is 25.0 Å². The summed E-state index contributed by atoms with van der Waals surface area (Å²) in [7, 11) is 0. The molecule has 0 radical (unpaired) electrons. The molecule has 2 fully saturated rings. The first-order chi connectivity index (χ1) is 10.6. The first kappa shape index (κ1) is 15.1. The van der Waals surface area contributed by atoms with Crippen molar-refractivity contribution in [2.24, 2.45) is 5.92 Å². The van der Waals surface area contributed by atoms with Crippen molar-refractivity contribution in [1.82, 2.24) is 4.90 Å². The molecule has 1 atom stereocenters. The molecule has 1 aliphatic heterocycles. The normalized spacial score (nSPS) is 22.4. The third kappa shape index (κ3) is 2.87. The van der Waals surface area contributed by atoms with Gasteiger partial charge in [0.25, 0.3) is 0 Å². The summed E-state index contributed by atoms with van der Waals surface area (Å²) in [6.07, 6.45) is 4.95. The molecule has 3 rings (SSSR count). The van der Waals surface area contributed by atoms with Gasteiger partial charge in [-0.25, -0.2) is 0 Å². The minimum absolute atomic E-state index is 0.0254. The van der Waals surface area contributed by atoms with Crippen molar-refractivity contribution in [3.63, 3.8) is 0 Å². The lowest BCUT2D eigenvalue weighted by Gasteiger charge is -2.24. The zero-order valence-corrected chi connectivity index (χ0v) is 13.4. The molecule has 22 heavy (non-hydrogen) atoms. The minimum Gasteiger partial charge on any atom is -0.339 e. The second kappa shape index (κ2) is 6.11. The standard InChI is InChI=1S/C18H24N2O2/c1-12-6-5-9-16(13(12)2)19-18(22)14-10-17(21)20(11-14)15-7-3-4-8-15/h5-6,9,14-15H,3-4,7-8,10-11H2,1-2H3,(H,19,22)/t14-/m1/s1. The van der Waals surface area contributed by atoms with Gasteiger partial charge in [-0.15, -0.1) is 0 Å². The van der Waals surface area contributed by atoms with Crippen LogP contribution in [0.5, 0.6) is 0 Å². The average molecular weight is 300 g/mol. The van der Waals surface area contributed by atoms with E-state index in [4.69, 9.17) is 0 Å². The van der Waals surface area contributed by atoms with Gasteiger partial charge in [-0.3, -0.25) is 9.59 Å². The number of rotatable bonds is 3. The highest BCUT2D eigenvalue weighted by Gasteiger charge is 2.38. The summed E-state index contributed by atoms with van der Waals surface area (Å²) in [5.74, 6) is -0.0939. The molecule has 1 saturated carbocycles. The highest BCUT2D eigenvalue weighted by Crippen LogP contribution is 2.30. The van der Waals surface area contributed by atoms with E-state index in [2.05, 4.69) is 5.32 Å². The number of nitrogens with zero attached hydrogens (tertiary/aromatic N) is 1. The zero-order valence-electron chi connectivity index (χ0n) is 13.4. The second-order valence-corrected chi connectivity index (χ2v) is 6.62. The smallest absolute Gasteiger partial charge is 0.229 e. The van der Waals surface area contributed by atoms with E-state index in [1.807, 2.05) is 36.9 Å². The van der Waals surface area contributed by atoms with Gasteiger partial charge >= 0.3 is 0 Å². The second-order valence-electron chi connectivity index (χ2n) is 6.62. The van der Waals surface area contributed by atoms with Crippen LogP contribution in [0.15, 0.2) is 18.2 Å². The van der Waals surface area contributed by atoms with Crippen molar-refractivity contribution in [1.29, 1.82) is 0 Å². The average Bonchev–Trinajstić information content (AvgIpc) is 3.12. The van der Waals surface area contributed by atoms with Crippen LogP contribution in [0, 0.1) is 19.8 Å². The number of hydrogen-bond donors (Lipinski definition) is 1. The molecule has 0 spiro atoms. The van der Waals surface area contributed by atoms with E-state index >= 15 is 0 Å². The van der Waals surface area contributed by atoms with Crippen molar-refractivity contribution in [2.75, 3.05) is 11.9 Å². The fourth-order valence-electron chi connectivity index (χ4n) is 3.60. The number of anilines is 1. The molecule has 2 amide bonds. The number of hydrogen-bond acceptors (Lipinski definition) is 2. The summed E-state index contributed by atoms with van der Waals surface area (Å²) in [6, 6.07) is 6.27. The molecule has 0 aromatic heterocycles. The Bertz CT molecular complexity index is 591. The fourth-order valence-corrected chi connectivity index (χ4v) is 3.60. The van der Waals surface area contributed by atoms with E-state index in [0.717, 1.165) is 29.7 Å². The summed E-state index contributed by atoms with van der Waals surface area (Å²) in [5, 5.41) is 3.01. The quantitative estimate of drug-likeness (QED) is 0.933. The number of carbonyl (C=O) groups excluding carboxylic acids is 2. The Labute approximate surface area is 131 Å². The maximum absolute atomic E-state index is 12.5. The van der Waals surface area contributed by atoms with Crippen LogP contribution in [0.3, 0.4) is 0 Å². The Morgan fingerprint density at radius 2 is 1.95 bits per heavy atom. The van der Waals surface area contributed by atoms with Gasteiger partial charge in [-0.05, 0) is 43.9 Å². The topological polar surface area (TPSA) is 49.4 Å². The molecule has 0 bridgehead atoms. The third-order valence-electron chi connectivity index (χ3n) is 5.16. The van der Waals surface area contributed by atoms with Crippen LogP contribution in [-0.4, -0.2) is 29.3 Å². The summed E-state index contributed by atoms with van der Waals surface area (Å²) in [4.78, 5) is 26.6. The van der Waals surface area contributed by atoms with Crippen LogP contribution < -0.4 is 5.32 Å². The van der Waals surface area contributed by atoms with Gasteiger partial charge in [0.05, 0.1) is 5.92 Å². The van der Waals surface area contributed by atoms with Crippen LogP contribution >= 0.6 is 0 Å². The minimum atomic E-state index is -0.215. The number of likely N-dealkylation sites (tertiary alicyclic amines) is 1. The molecule has 1 aromatic rings. The number of aryl methyl sites for hydroxylation is 1. The predicted molar refractivity (Wildman–Crippen MR) is 86.6 cm³/mol. The van der Waals surface area contributed by atoms with Crippen molar-refractivity contribution in [3.8, 4) is 0 Å². The molecule has 1 N–H and O–H groups in total. The Morgan fingerprint density at radius 3 is 2.68 bits per heavy atom. The molecular weight excluding hydrogens is 276 g/mol. The zero-order chi connectivity index (χ0) is 15.7. The van der Waals surface area contributed by atoms with Crippen molar-refractivity contribution < 1.29 is 9.59 Å². The van der Waals surface area contributed by atoms with Crippen molar-refractivity contribution in [2.45, 2.75) is 52.0 Å². The molecule has 1 aliphatic carbocycles. The van der Waals surface area contributed by atoms with Gasteiger partial charge < -0.3 is 10.2 Å². The maximum atomic E-state index is 12.5. The SMILES string of the molecule is Cc1cccc(NC(=O)[C@@H]2CC(=O)N(C3CCCC3)C2)c1C. The lowest BCUT2D eigenvalue weighted by atomic mass is 10.1. The van der Waals surface area contributed by atoms with Gasteiger partial charge in [0, 0.05) is 24.7 Å². The number of amides is 2. The van der Waals surface area contributed by atoms with E-state index < -0.39 is 0 Å². The van der Waals surface area contributed by atoms with E-state index in [9.17, 15) is 9.59 Å². The Morgan fingerprint density at radius 1 is 1.23 bits per heavy atom. The van der Waals surface area contributed by atoms with Crippen LogP contribution in [0.1, 0.15) is 43.2 Å². The van der Waals surface area contributed by atoms with Crippen LogP contribution in [0.2, 0.25) is 0 Å². The molecule has 1 aromatic carbocycles. The summed E-state index contributed by atoms with van der Waals surface area (Å²) >= 11 is 0. The van der Waals surface area contributed by atoms with Gasteiger partial charge in [0.2, 0.25) is 11.8 Å². The van der Waals surface area contributed by atoms with Crippen LogP contribution in [0.4, 0.5) is 5.69 Å². The van der Waals surface area contributed by atoms with Gasteiger partial charge in [-0.2, -0.15) is 0 Å². The van der Waals surface area contributed by atoms with Crippen LogP contribution in [-0.2, 0) is 9.59 Å². The lowest BCUT2D eigenvalue weighted by molar-refractivity contribution is -0.129. The molecule has 1 heterocycles. The Hall–Kier alpha value is -1.84. The molecule has 2 aliphatic rings. The Kier molecular flexibility index (Phi) is 4.19. The van der Waals surface area contributed by atoms with E-state index in [1.165, 1.54) is 12.8 Å². The highest BCUT2D eigenvalue weighted by molar-refractivity contribution is 5.97. The first-order valence-electron chi connectivity index (χ1n) is 8.23. The van der Waals surface area contributed by atoms with Crippen molar-refractivity contribution >= 4 is 17.5 Å². The molecule has 0 unspecified atom stereocenters. The largest absolute Gasteiger partial charge is 0.339 e. The molecule has 4 nitrogen and oxygen atoms in total. The predicted octanol–water partition coefficient (Wildman–Crippen LogP) is 3.03. The van der Waals surface area contributed by atoms with Crippen molar-refractivity contribution in [3.05, 3.63) is 29.3 Å². The van der Waals surface area contributed by atoms with Gasteiger partial charge in [0.15, 0.2) is 0 Å². The number of carbonyl (C=O) groups is 2. The van der Waals surface area contributed by atoms with E-state index in [-0.39, 0.29) is 17.7 Å². The summed E-state index contributed by atoms with van der Waals surface area (Å²) in [5.41, 5.74) is 3.11. The summed E-state index contributed by atoms with van der Waals surface area (Å²) < 4.78 is 0. The fraction of sp³-hybridized carbons (Fsp3) is 0.556. The number of benzene rings is 1. The molecule has 4 heteroatoms. The summed E-state index contributed by atoms with van der Waals surface area (Å²) in [6.45, 7) is 4.63. The van der Waals surface area contributed by atoms with E-state index in [0.29, 0.717) is 19.0 Å². The molecular formula is C18H24N2O2. The first-order valence-corrected chi connectivity index (χ1v) is 8.23. The molecule has 1 saturated heterocycles. The third-order valence-corrected chi connectivity index (χ3v) is 5.16. The highest BCUT2D eigenvalue weighted by atomic mass is 16.2. The maximum Gasteiger partial charge on any atom is 0.229 e. The Balaban J connectivity index is 1.66. The monoisotopic (exact) mass is 300 g/mol. The van der Waals surface area contributed by atoms with E-state index in [1.54, 1.807) is 0 Å². The number of nitrogens with one attached hydrogen (secondary N) is 1. The molecule has 118 valence electrons.